The molecule has 0 saturated heterocycles. The van der Waals surface area contributed by atoms with Crippen LogP contribution < -0.4 is 5.32 Å². The Balaban J connectivity index is 2.28. The molecule has 108 valence electrons. The van der Waals surface area contributed by atoms with Crippen LogP contribution in [0.3, 0.4) is 0 Å². The van der Waals surface area contributed by atoms with Gasteiger partial charge in [-0.2, -0.15) is 0 Å². The molecule has 0 aliphatic heterocycles. The third kappa shape index (κ3) is 6.21. The molecule has 1 N–H and O–H groups in total. The summed E-state index contributed by atoms with van der Waals surface area (Å²) in [5.41, 5.74) is 0. The molecule has 1 aromatic heterocycles. The highest BCUT2D eigenvalue weighted by atomic mass is 35.5. The minimum atomic E-state index is 0.508. The van der Waals surface area contributed by atoms with E-state index < -0.39 is 0 Å². The Labute approximate surface area is 121 Å². The van der Waals surface area contributed by atoms with Crippen LogP contribution in [-0.2, 0) is 6.42 Å². The number of hydrogen-bond donors (Lipinski definition) is 1. The Kier molecular flexibility index (Phi) is 7.10. The van der Waals surface area contributed by atoms with Gasteiger partial charge in [-0.3, -0.25) is 0 Å². The standard InChI is InChI=1S/C14H25ClN4/c1-5-13-17-12(15)10-14(18-13)16-8-6-7-9-19(4)11(2)3/h10-11H,5-9H2,1-4H3,(H,16,17,18). The second kappa shape index (κ2) is 8.33. The topological polar surface area (TPSA) is 41.1 Å². The second-order valence-corrected chi connectivity index (χ2v) is 5.44. The third-order valence-electron chi connectivity index (χ3n) is 3.18. The molecule has 19 heavy (non-hydrogen) atoms. The van der Waals surface area contributed by atoms with Crippen LogP contribution in [0.4, 0.5) is 5.82 Å². The van der Waals surface area contributed by atoms with Crippen LogP contribution in [0, 0.1) is 0 Å². The zero-order valence-electron chi connectivity index (χ0n) is 12.4. The van der Waals surface area contributed by atoms with Crippen LogP contribution in [0.25, 0.3) is 0 Å². The van der Waals surface area contributed by atoms with Crippen LogP contribution in [0.5, 0.6) is 0 Å². The van der Waals surface area contributed by atoms with Gasteiger partial charge in [0.25, 0.3) is 0 Å². The molecule has 0 aliphatic rings. The normalized spacial score (nSPS) is 11.3. The number of nitrogens with zero attached hydrogens (tertiary/aromatic N) is 3. The van der Waals surface area contributed by atoms with Crippen molar-refractivity contribution in [2.45, 2.75) is 46.1 Å². The van der Waals surface area contributed by atoms with Crippen LogP contribution >= 0.6 is 11.6 Å². The van der Waals surface area contributed by atoms with Crippen LogP contribution in [0.1, 0.15) is 39.4 Å². The van der Waals surface area contributed by atoms with E-state index in [1.807, 2.05) is 6.92 Å². The molecule has 1 aromatic rings. The molecule has 0 unspecified atom stereocenters. The monoisotopic (exact) mass is 284 g/mol. The number of rotatable bonds is 8. The molecule has 0 saturated carbocycles. The molecule has 0 aliphatic carbocycles. The van der Waals surface area contributed by atoms with Crippen molar-refractivity contribution < 1.29 is 0 Å². The highest BCUT2D eigenvalue weighted by Gasteiger charge is 2.03. The Morgan fingerprint density at radius 1 is 1.32 bits per heavy atom. The van der Waals surface area contributed by atoms with Gasteiger partial charge < -0.3 is 10.2 Å². The summed E-state index contributed by atoms with van der Waals surface area (Å²) in [6.07, 6.45) is 3.11. The van der Waals surface area contributed by atoms with Gasteiger partial charge in [0.2, 0.25) is 0 Å². The van der Waals surface area contributed by atoms with Gasteiger partial charge in [0, 0.05) is 25.1 Å². The fourth-order valence-corrected chi connectivity index (χ4v) is 1.88. The first-order chi connectivity index (χ1) is 9.02. The maximum atomic E-state index is 5.95. The fraction of sp³-hybridized carbons (Fsp3) is 0.714. The van der Waals surface area contributed by atoms with Crippen molar-refractivity contribution >= 4 is 17.4 Å². The van der Waals surface area contributed by atoms with Gasteiger partial charge in [-0.05, 0) is 40.3 Å². The molecule has 0 aromatic carbocycles. The quantitative estimate of drug-likeness (QED) is 0.588. The summed E-state index contributed by atoms with van der Waals surface area (Å²) in [6.45, 7) is 8.50. The summed E-state index contributed by atoms with van der Waals surface area (Å²) >= 11 is 5.95. The van der Waals surface area contributed by atoms with Gasteiger partial charge in [-0.15, -0.1) is 0 Å². The Bertz CT molecular complexity index is 382. The molecule has 0 amide bonds. The minimum Gasteiger partial charge on any atom is -0.370 e. The molecule has 0 spiro atoms. The first kappa shape index (κ1) is 16.2. The van der Waals surface area contributed by atoms with Gasteiger partial charge in [-0.1, -0.05) is 18.5 Å². The number of unbranched alkanes of at least 4 members (excludes halogenated alkanes) is 1. The van der Waals surface area contributed by atoms with Crippen molar-refractivity contribution in [2.75, 3.05) is 25.5 Å². The van der Waals surface area contributed by atoms with Crippen LogP contribution in [0.15, 0.2) is 6.07 Å². The molecule has 1 rings (SSSR count). The lowest BCUT2D eigenvalue weighted by molar-refractivity contribution is 0.269. The maximum Gasteiger partial charge on any atom is 0.134 e. The van der Waals surface area contributed by atoms with Gasteiger partial charge in [0.1, 0.15) is 16.8 Å². The van der Waals surface area contributed by atoms with Gasteiger partial charge in [-0.25, -0.2) is 9.97 Å². The highest BCUT2D eigenvalue weighted by Crippen LogP contribution is 2.12. The van der Waals surface area contributed by atoms with E-state index in [1.54, 1.807) is 6.07 Å². The van der Waals surface area contributed by atoms with Crippen molar-refractivity contribution in [2.24, 2.45) is 0 Å². The fourth-order valence-electron chi connectivity index (χ4n) is 1.67. The smallest absolute Gasteiger partial charge is 0.134 e. The summed E-state index contributed by atoms with van der Waals surface area (Å²) < 4.78 is 0. The molecule has 0 bridgehead atoms. The molecule has 5 heteroatoms. The number of halogens is 1. The van der Waals surface area contributed by atoms with Crippen LogP contribution in [0.2, 0.25) is 5.15 Å². The molecule has 0 fully saturated rings. The average Bonchev–Trinajstić information content (AvgIpc) is 2.37. The summed E-state index contributed by atoms with van der Waals surface area (Å²) in [7, 11) is 2.16. The first-order valence-corrected chi connectivity index (χ1v) is 7.38. The van der Waals surface area contributed by atoms with E-state index in [4.69, 9.17) is 11.6 Å². The van der Waals surface area contributed by atoms with Crippen molar-refractivity contribution in [3.8, 4) is 0 Å². The number of hydrogen-bond acceptors (Lipinski definition) is 4. The van der Waals surface area contributed by atoms with Crippen molar-refractivity contribution in [1.29, 1.82) is 0 Å². The van der Waals surface area contributed by atoms with Gasteiger partial charge in [0.15, 0.2) is 0 Å². The molecular formula is C14H25ClN4. The predicted molar refractivity (Wildman–Crippen MR) is 81.9 cm³/mol. The van der Waals surface area contributed by atoms with Crippen molar-refractivity contribution in [1.82, 2.24) is 14.9 Å². The molecular weight excluding hydrogens is 260 g/mol. The predicted octanol–water partition coefficient (Wildman–Crippen LogP) is 3.22. The average molecular weight is 285 g/mol. The van der Waals surface area contributed by atoms with Gasteiger partial charge in [0.05, 0.1) is 0 Å². The number of anilines is 1. The maximum absolute atomic E-state index is 5.95. The van der Waals surface area contributed by atoms with Crippen molar-refractivity contribution in [3.05, 3.63) is 17.0 Å². The van der Waals surface area contributed by atoms with E-state index in [-0.39, 0.29) is 0 Å². The van der Waals surface area contributed by atoms with Crippen molar-refractivity contribution in [3.63, 3.8) is 0 Å². The lowest BCUT2D eigenvalue weighted by atomic mass is 10.2. The lowest BCUT2D eigenvalue weighted by Gasteiger charge is -2.20. The zero-order chi connectivity index (χ0) is 14.3. The van der Waals surface area contributed by atoms with E-state index in [0.717, 1.165) is 37.6 Å². The van der Waals surface area contributed by atoms with E-state index in [1.165, 1.54) is 6.42 Å². The highest BCUT2D eigenvalue weighted by molar-refractivity contribution is 6.29. The minimum absolute atomic E-state index is 0.508. The zero-order valence-corrected chi connectivity index (χ0v) is 13.2. The number of aryl methyl sites for hydroxylation is 1. The Morgan fingerprint density at radius 2 is 2.05 bits per heavy atom. The first-order valence-electron chi connectivity index (χ1n) is 7.00. The number of nitrogens with one attached hydrogen (secondary N) is 1. The van der Waals surface area contributed by atoms with Crippen LogP contribution in [-0.4, -0.2) is 41.0 Å². The van der Waals surface area contributed by atoms with E-state index in [9.17, 15) is 0 Å². The summed E-state index contributed by atoms with van der Waals surface area (Å²) in [5, 5.41) is 3.82. The summed E-state index contributed by atoms with van der Waals surface area (Å²) in [4.78, 5) is 10.9. The van der Waals surface area contributed by atoms with E-state index in [0.29, 0.717) is 11.2 Å². The Hall–Kier alpha value is -0.870. The molecule has 4 nitrogen and oxygen atoms in total. The van der Waals surface area contributed by atoms with Gasteiger partial charge >= 0.3 is 0 Å². The molecule has 0 atom stereocenters. The summed E-state index contributed by atoms with van der Waals surface area (Å²) in [5.74, 6) is 1.61. The largest absolute Gasteiger partial charge is 0.370 e. The third-order valence-corrected chi connectivity index (χ3v) is 3.38. The molecule has 0 radical (unpaired) electrons. The molecule has 1 heterocycles. The lowest BCUT2D eigenvalue weighted by Crippen LogP contribution is -2.27. The summed E-state index contributed by atoms with van der Waals surface area (Å²) in [6, 6.07) is 2.39. The second-order valence-electron chi connectivity index (χ2n) is 5.05. The van der Waals surface area contributed by atoms with E-state index in [2.05, 4.69) is 41.1 Å². The Morgan fingerprint density at radius 3 is 2.68 bits per heavy atom. The SMILES string of the molecule is CCc1nc(Cl)cc(NCCCCN(C)C(C)C)n1. The number of aromatic nitrogens is 2. The van der Waals surface area contributed by atoms with E-state index >= 15 is 0 Å².